The van der Waals surface area contributed by atoms with Gasteiger partial charge in [-0.15, -0.1) is 0 Å². The average molecular weight is 340 g/mol. The molecule has 0 fully saturated rings. The zero-order valence-electron chi connectivity index (χ0n) is 14.6. The van der Waals surface area contributed by atoms with E-state index in [0.29, 0.717) is 16.9 Å². The highest BCUT2D eigenvalue weighted by atomic mass is 16.5. The summed E-state index contributed by atoms with van der Waals surface area (Å²) in [6.07, 6.45) is 0. The van der Waals surface area contributed by atoms with Crippen LogP contribution in [0.15, 0.2) is 36.4 Å². The summed E-state index contributed by atoms with van der Waals surface area (Å²) in [5, 5.41) is 5.13. The fourth-order valence-corrected chi connectivity index (χ4v) is 2.54. The molecule has 0 spiro atoms. The molecule has 130 valence electrons. The Hall–Kier alpha value is -3.15. The van der Waals surface area contributed by atoms with Crippen molar-refractivity contribution >= 4 is 29.2 Å². The number of anilines is 2. The van der Waals surface area contributed by atoms with Crippen molar-refractivity contribution in [2.75, 3.05) is 17.7 Å². The number of carbonyl (C=O) groups is 3. The van der Waals surface area contributed by atoms with Crippen LogP contribution >= 0.6 is 0 Å². The highest BCUT2D eigenvalue weighted by Crippen LogP contribution is 2.22. The van der Waals surface area contributed by atoms with Crippen molar-refractivity contribution in [3.63, 3.8) is 0 Å². The molecule has 2 N–H and O–H groups in total. The number of carbonyl (C=O) groups excluding carboxylic acids is 3. The van der Waals surface area contributed by atoms with E-state index in [4.69, 9.17) is 0 Å². The summed E-state index contributed by atoms with van der Waals surface area (Å²) >= 11 is 0. The van der Waals surface area contributed by atoms with Crippen LogP contribution in [0.4, 0.5) is 11.4 Å². The number of ether oxygens (including phenoxy) is 1. The number of benzene rings is 2. The molecular weight excluding hydrogens is 320 g/mol. The largest absolute Gasteiger partial charge is 0.465 e. The van der Waals surface area contributed by atoms with Crippen LogP contribution in [0.25, 0.3) is 0 Å². The third-order valence-electron chi connectivity index (χ3n) is 3.69. The lowest BCUT2D eigenvalue weighted by molar-refractivity contribution is -0.133. The molecule has 2 rings (SSSR count). The van der Waals surface area contributed by atoms with Gasteiger partial charge in [0, 0.05) is 11.4 Å². The summed E-state index contributed by atoms with van der Waals surface area (Å²) in [5.74, 6) is -2.02. The minimum Gasteiger partial charge on any atom is -0.465 e. The molecule has 0 aliphatic carbocycles. The van der Waals surface area contributed by atoms with Crippen molar-refractivity contribution in [1.29, 1.82) is 0 Å². The Labute approximate surface area is 146 Å². The number of hydrogen-bond donors (Lipinski definition) is 2. The maximum Gasteiger partial charge on any atom is 0.337 e. The first-order valence-electron chi connectivity index (χ1n) is 7.70. The molecule has 0 aromatic heterocycles. The normalized spacial score (nSPS) is 10.1. The molecule has 0 aliphatic heterocycles. The van der Waals surface area contributed by atoms with Crippen LogP contribution in [0, 0.1) is 20.8 Å². The molecule has 6 heteroatoms. The lowest BCUT2D eigenvalue weighted by atomic mass is 10.1. The topological polar surface area (TPSA) is 84.5 Å². The SMILES string of the molecule is COC(=O)c1ccc(NC(=O)C(=O)Nc2c(C)cc(C)cc2C)cc1. The Bertz CT molecular complexity index is 803. The van der Waals surface area contributed by atoms with Gasteiger partial charge in [-0.3, -0.25) is 9.59 Å². The van der Waals surface area contributed by atoms with Gasteiger partial charge in [-0.2, -0.15) is 0 Å². The molecule has 2 aromatic carbocycles. The third-order valence-corrected chi connectivity index (χ3v) is 3.69. The molecule has 25 heavy (non-hydrogen) atoms. The minimum absolute atomic E-state index is 0.357. The monoisotopic (exact) mass is 340 g/mol. The smallest absolute Gasteiger partial charge is 0.337 e. The zero-order valence-corrected chi connectivity index (χ0v) is 14.6. The van der Waals surface area contributed by atoms with Crippen LogP contribution in [-0.4, -0.2) is 24.9 Å². The van der Waals surface area contributed by atoms with Gasteiger partial charge >= 0.3 is 17.8 Å². The van der Waals surface area contributed by atoms with Crippen molar-refractivity contribution < 1.29 is 19.1 Å². The number of aryl methyl sites for hydroxylation is 3. The van der Waals surface area contributed by atoms with Gasteiger partial charge in [0.15, 0.2) is 0 Å². The third kappa shape index (κ3) is 4.44. The molecule has 2 amide bonds. The fourth-order valence-electron chi connectivity index (χ4n) is 2.54. The van der Waals surface area contributed by atoms with Crippen molar-refractivity contribution in [3.05, 3.63) is 58.7 Å². The van der Waals surface area contributed by atoms with Crippen molar-refractivity contribution in [2.24, 2.45) is 0 Å². The summed E-state index contributed by atoms with van der Waals surface area (Å²) in [5.41, 5.74) is 4.26. The van der Waals surface area contributed by atoms with Crippen LogP contribution in [0.5, 0.6) is 0 Å². The first kappa shape index (κ1) is 18.2. The summed E-state index contributed by atoms with van der Waals surface area (Å²) in [4.78, 5) is 35.6. The minimum atomic E-state index is -0.787. The fraction of sp³-hybridized carbons (Fsp3) is 0.211. The summed E-state index contributed by atoms with van der Waals surface area (Å²) in [6.45, 7) is 5.72. The zero-order chi connectivity index (χ0) is 18.6. The summed E-state index contributed by atoms with van der Waals surface area (Å²) in [7, 11) is 1.29. The summed E-state index contributed by atoms with van der Waals surface area (Å²) in [6, 6.07) is 9.94. The molecule has 0 aliphatic rings. The molecule has 0 saturated carbocycles. The Kier molecular flexibility index (Phi) is 5.54. The lowest BCUT2D eigenvalue weighted by Gasteiger charge is -2.12. The Morgan fingerprint density at radius 2 is 1.36 bits per heavy atom. The van der Waals surface area contributed by atoms with E-state index < -0.39 is 17.8 Å². The first-order valence-corrected chi connectivity index (χ1v) is 7.70. The highest BCUT2D eigenvalue weighted by molar-refractivity contribution is 6.43. The quantitative estimate of drug-likeness (QED) is 0.664. The van der Waals surface area contributed by atoms with Crippen molar-refractivity contribution in [2.45, 2.75) is 20.8 Å². The lowest BCUT2D eigenvalue weighted by Crippen LogP contribution is -2.29. The first-order chi connectivity index (χ1) is 11.8. The van der Waals surface area contributed by atoms with E-state index in [1.54, 1.807) is 0 Å². The molecule has 0 radical (unpaired) electrons. The predicted octanol–water partition coefficient (Wildman–Crippen LogP) is 2.98. The molecular formula is C19H20N2O4. The van der Waals surface area contributed by atoms with Crippen molar-refractivity contribution in [3.8, 4) is 0 Å². The van der Waals surface area contributed by atoms with Crippen LogP contribution in [0.3, 0.4) is 0 Å². The number of methoxy groups -OCH3 is 1. The Morgan fingerprint density at radius 3 is 1.88 bits per heavy atom. The maximum absolute atomic E-state index is 12.1. The van der Waals surface area contributed by atoms with Crippen LogP contribution in [-0.2, 0) is 14.3 Å². The van der Waals surface area contributed by atoms with Crippen molar-refractivity contribution in [1.82, 2.24) is 0 Å². The number of esters is 1. The second-order valence-corrected chi connectivity index (χ2v) is 5.75. The van der Waals surface area contributed by atoms with Gasteiger partial charge in [0.1, 0.15) is 0 Å². The van der Waals surface area contributed by atoms with Gasteiger partial charge in [0.05, 0.1) is 12.7 Å². The van der Waals surface area contributed by atoms with Gasteiger partial charge in [0.25, 0.3) is 0 Å². The van der Waals surface area contributed by atoms with E-state index in [0.717, 1.165) is 16.7 Å². The van der Waals surface area contributed by atoms with Gasteiger partial charge in [-0.05, 0) is 56.2 Å². The van der Waals surface area contributed by atoms with E-state index in [2.05, 4.69) is 15.4 Å². The molecule has 0 bridgehead atoms. The molecule has 6 nitrogen and oxygen atoms in total. The van der Waals surface area contributed by atoms with E-state index in [1.807, 2.05) is 32.9 Å². The van der Waals surface area contributed by atoms with Gasteiger partial charge in [-0.25, -0.2) is 4.79 Å². The Morgan fingerprint density at radius 1 is 0.840 bits per heavy atom. The molecule has 0 atom stereocenters. The van der Waals surface area contributed by atoms with Crippen LogP contribution in [0.1, 0.15) is 27.0 Å². The number of nitrogens with one attached hydrogen (secondary N) is 2. The molecule has 0 heterocycles. The average Bonchev–Trinajstić information content (AvgIpc) is 2.57. The van der Waals surface area contributed by atoms with E-state index in [1.165, 1.54) is 31.4 Å². The number of amides is 2. The van der Waals surface area contributed by atoms with Crippen LogP contribution < -0.4 is 10.6 Å². The van der Waals surface area contributed by atoms with Gasteiger partial charge in [0.2, 0.25) is 0 Å². The molecule has 0 unspecified atom stereocenters. The highest BCUT2D eigenvalue weighted by Gasteiger charge is 2.16. The van der Waals surface area contributed by atoms with E-state index in [-0.39, 0.29) is 0 Å². The molecule has 0 saturated heterocycles. The standard InChI is InChI=1S/C19H20N2O4/c1-11-9-12(2)16(13(3)10-11)21-18(23)17(22)20-15-7-5-14(6-8-15)19(24)25-4/h5-10H,1-4H3,(H,20,22)(H,21,23). The van der Waals surface area contributed by atoms with Gasteiger partial charge in [-0.1, -0.05) is 17.7 Å². The number of hydrogen-bond acceptors (Lipinski definition) is 4. The second-order valence-electron chi connectivity index (χ2n) is 5.75. The second kappa shape index (κ2) is 7.61. The predicted molar refractivity (Wildman–Crippen MR) is 95.7 cm³/mol. The Balaban J connectivity index is 2.06. The van der Waals surface area contributed by atoms with E-state index in [9.17, 15) is 14.4 Å². The molecule has 2 aromatic rings. The summed E-state index contributed by atoms with van der Waals surface area (Å²) < 4.78 is 4.60. The van der Waals surface area contributed by atoms with E-state index >= 15 is 0 Å². The van der Waals surface area contributed by atoms with Gasteiger partial charge < -0.3 is 15.4 Å². The van der Waals surface area contributed by atoms with Crippen LogP contribution in [0.2, 0.25) is 0 Å². The number of rotatable bonds is 3. The maximum atomic E-state index is 12.1.